The Morgan fingerprint density at radius 3 is 2.80 bits per heavy atom. The number of ether oxygens (including phenoxy) is 1. The second kappa shape index (κ2) is 9.57. The van der Waals surface area contributed by atoms with Crippen molar-refractivity contribution in [2.75, 3.05) is 19.8 Å². The van der Waals surface area contributed by atoms with Gasteiger partial charge in [0.1, 0.15) is 5.01 Å². The van der Waals surface area contributed by atoms with Crippen molar-refractivity contribution < 1.29 is 14.6 Å². The summed E-state index contributed by atoms with van der Waals surface area (Å²) in [5, 5.41) is 19.9. The van der Waals surface area contributed by atoms with E-state index in [0.29, 0.717) is 18.0 Å². The van der Waals surface area contributed by atoms with Crippen molar-refractivity contribution in [2.24, 2.45) is 5.92 Å². The summed E-state index contributed by atoms with van der Waals surface area (Å²) in [4.78, 5) is 17.0. The third-order valence-electron chi connectivity index (χ3n) is 5.09. The molecule has 8 heteroatoms. The molecule has 2 aromatic rings. The number of nitrogens with zero attached hydrogens (tertiary/aromatic N) is 3. The molecule has 0 aromatic carbocycles. The Morgan fingerprint density at radius 1 is 1.43 bits per heavy atom. The third-order valence-corrected chi connectivity index (χ3v) is 6.01. The summed E-state index contributed by atoms with van der Waals surface area (Å²) in [6.45, 7) is 12.2. The Balaban J connectivity index is 1.75. The molecule has 2 aromatic heterocycles. The number of rotatable bonds is 7. The van der Waals surface area contributed by atoms with Crippen molar-refractivity contribution in [1.82, 2.24) is 20.1 Å². The van der Waals surface area contributed by atoms with E-state index in [2.05, 4.69) is 22.0 Å². The molecule has 0 bridgehead atoms. The normalized spacial score (nSPS) is 15.9. The lowest BCUT2D eigenvalue weighted by Gasteiger charge is -2.23. The first-order valence-corrected chi connectivity index (χ1v) is 11.1. The quantitative estimate of drug-likeness (QED) is 0.513. The summed E-state index contributed by atoms with van der Waals surface area (Å²) < 4.78 is 7.21. The molecule has 0 spiro atoms. The standard InChI is InChI=1S/C22H30N4O3S/c1-5-16(13-27)20-18(12-24-26(20)22(2,3)4)21-25-17(14-30-21)10-19(28)23-11-15-6-8-29-9-7-15/h5,12-15,27H,1,6-11H2,2-4H3,(H,23,28)/b16-13+. The molecule has 1 aliphatic heterocycles. The van der Waals surface area contributed by atoms with Crippen LogP contribution in [0.2, 0.25) is 0 Å². The van der Waals surface area contributed by atoms with E-state index >= 15 is 0 Å². The van der Waals surface area contributed by atoms with Crippen LogP contribution < -0.4 is 5.32 Å². The number of hydrogen-bond acceptors (Lipinski definition) is 6. The summed E-state index contributed by atoms with van der Waals surface area (Å²) in [6.07, 6.45) is 6.61. The minimum atomic E-state index is -0.283. The SMILES string of the molecule is C=C/C(=C\O)c1c(-c2nc(CC(=O)NCC3CCOCC3)cs2)cnn1C(C)(C)C. The summed E-state index contributed by atoms with van der Waals surface area (Å²) in [7, 11) is 0. The van der Waals surface area contributed by atoms with Gasteiger partial charge in [0.2, 0.25) is 5.91 Å². The van der Waals surface area contributed by atoms with Gasteiger partial charge >= 0.3 is 0 Å². The zero-order valence-electron chi connectivity index (χ0n) is 17.9. The van der Waals surface area contributed by atoms with Gasteiger partial charge in [0.15, 0.2) is 0 Å². The fraction of sp³-hybridized carbons (Fsp3) is 0.500. The molecule has 1 fully saturated rings. The molecule has 1 aliphatic rings. The fourth-order valence-electron chi connectivity index (χ4n) is 3.45. The average molecular weight is 431 g/mol. The van der Waals surface area contributed by atoms with Gasteiger partial charge in [-0.15, -0.1) is 11.3 Å². The Kier molecular flexibility index (Phi) is 7.10. The lowest BCUT2D eigenvalue weighted by Crippen LogP contribution is -2.33. The summed E-state index contributed by atoms with van der Waals surface area (Å²) >= 11 is 1.46. The first-order chi connectivity index (χ1) is 14.3. The van der Waals surface area contributed by atoms with Crippen LogP contribution in [0.4, 0.5) is 0 Å². The van der Waals surface area contributed by atoms with Gasteiger partial charge in [0.25, 0.3) is 0 Å². The van der Waals surface area contributed by atoms with E-state index in [1.54, 1.807) is 12.3 Å². The van der Waals surface area contributed by atoms with Gasteiger partial charge in [0.05, 0.1) is 41.4 Å². The molecule has 0 saturated carbocycles. The maximum absolute atomic E-state index is 12.4. The van der Waals surface area contributed by atoms with Gasteiger partial charge in [-0.25, -0.2) is 4.98 Å². The van der Waals surface area contributed by atoms with Gasteiger partial charge in [-0.2, -0.15) is 5.10 Å². The van der Waals surface area contributed by atoms with E-state index in [4.69, 9.17) is 4.74 Å². The smallest absolute Gasteiger partial charge is 0.226 e. The van der Waals surface area contributed by atoms with E-state index in [1.165, 1.54) is 11.3 Å². The van der Waals surface area contributed by atoms with Gasteiger partial charge < -0.3 is 15.2 Å². The highest BCUT2D eigenvalue weighted by molar-refractivity contribution is 7.13. The predicted molar refractivity (Wildman–Crippen MR) is 119 cm³/mol. The monoisotopic (exact) mass is 430 g/mol. The topological polar surface area (TPSA) is 89.3 Å². The molecule has 0 aliphatic carbocycles. The van der Waals surface area contributed by atoms with Crippen LogP contribution in [0.25, 0.3) is 16.1 Å². The summed E-state index contributed by atoms with van der Waals surface area (Å²) in [6, 6.07) is 0. The molecule has 0 radical (unpaired) electrons. The number of aromatic nitrogens is 3. The third kappa shape index (κ3) is 5.17. The largest absolute Gasteiger partial charge is 0.515 e. The number of amides is 1. The highest BCUT2D eigenvalue weighted by atomic mass is 32.1. The van der Waals surface area contributed by atoms with Crippen LogP contribution >= 0.6 is 11.3 Å². The Bertz CT molecular complexity index is 917. The van der Waals surface area contributed by atoms with Crippen molar-refractivity contribution >= 4 is 22.8 Å². The predicted octanol–water partition coefficient (Wildman–Crippen LogP) is 3.93. The van der Waals surface area contributed by atoms with Crippen molar-refractivity contribution in [3.63, 3.8) is 0 Å². The number of aliphatic hydroxyl groups is 1. The highest BCUT2D eigenvalue weighted by Crippen LogP contribution is 2.34. The fourth-order valence-corrected chi connectivity index (χ4v) is 4.28. The number of carbonyl (C=O) groups excluding carboxylic acids is 1. The highest BCUT2D eigenvalue weighted by Gasteiger charge is 2.25. The van der Waals surface area contributed by atoms with Crippen LogP contribution in [0, 0.1) is 5.92 Å². The van der Waals surface area contributed by atoms with Crippen molar-refractivity contribution in [3.8, 4) is 10.6 Å². The lowest BCUT2D eigenvalue weighted by molar-refractivity contribution is -0.120. The number of carbonyl (C=O) groups is 1. The van der Waals surface area contributed by atoms with E-state index in [0.717, 1.165) is 54.3 Å². The zero-order valence-corrected chi connectivity index (χ0v) is 18.7. The number of allylic oxidation sites excluding steroid dienone is 2. The first-order valence-electron chi connectivity index (χ1n) is 10.2. The van der Waals surface area contributed by atoms with E-state index in [1.807, 2.05) is 30.8 Å². The van der Waals surface area contributed by atoms with Crippen molar-refractivity contribution in [2.45, 2.75) is 45.6 Å². The molecule has 7 nitrogen and oxygen atoms in total. The molecule has 1 saturated heterocycles. The molecule has 0 unspecified atom stereocenters. The minimum absolute atomic E-state index is 0.0222. The number of hydrogen-bond donors (Lipinski definition) is 2. The molecular weight excluding hydrogens is 400 g/mol. The lowest BCUT2D eigenvalue weighted by atomic mass is 10.0. The van der Waals surface area contributed by atoms with E-state index < -0.39 is 0 Å². The van der Waals surface area contributed by atoms with Crippen LogP contribution in [-0.2, 0) is 21.5 Å². The van der Waals surface area contributed by atoms with Crippen LogP contribution in [0.15, 0.2) is 30.5 Å². The summed E-state index contributed by atoms with van der Waals surface area (Å²) in [5.74, 6) is 0.466. The van der Waals surface area contributed by atoms with Crippen molar-refractivity contribution in [3.05, 3.63) is 41.9 Å². The van der Waals surface area contributed by atoms with Gasteiger partial charge in [-0.3, -0.25) is 9.48 Å². The van der Waals surface area contributed by atoms with Gasteiger partial charge in [0, 0.05) is 30.7 Å². The second-order valence-electron chi connectivity index (χ2n) is 8.46. The van der Waals surface area contributed by atoms with E-state index in [-0.39, 0.29) is 17.9 Å². The maximum atomic E-state index is 12.4. The molecule has 2 N–H and O–H groups in total. The van der Waals surface area contributed by atoms with Crippen LogP contribution in [0.3, 0.4) is 0 Å². The zero-order chi connectivity index (χ0) is 21.7. The second-order valence-corrected chi connectivity index (χ2v) is 9.32. The Hall–Kier alpha value is -2.45. The Morgan fingerprint density at radius 2 is 2.17 bits per heavy atom. The van der Waals surface area contributed by atoms with E-state index in [9.17, 15) is 9.90 Å². The van der Waals surface area contributed by atoms with Gasteiger partial charge in [-0.1, -0.05) is 12.7 Å². The van der Waals surface area contributed by atoms with Crippen molar-refractivity contribution in [1.29, 1.82) is 0 Å². The van der Waals surface area contributed by atoms with Crippen LogP contribution in [-0.4, -0.2) is 45.5 Å². The maximum Gasteiger partial charge on any atom is 0.226 e. The first kappa shape index (κ1) is 22.2. The summed E-state index contributed by atoms with van der Waals surface area (Å²) in [5.41, 5.74) is 2.58. The minimum Gasteiger partial charge on any atom is -0.515 e. The molecular formula is C22H30N4O3S. The Labute approximate surface area is 181 Å². The molecule has 0 atom stereocenters. The molecule has 1 amide bonds. The van der Waals surface area contributed by atoms with Crippen LogP contribution in [0.1, 0.15) is 45.0 Å². The van der Waals surface area contributed by atoms with Gasteiger partial charge in [-0.05, 0) is 39.5 Å². The average Bonchev–Trinajstić information content (AvgIpc) is 3.35. The molecule has 3 rings (SSSR count). The molecule has 162 valence electrons. The molecule has 30 heavy (non-hydrogen) atoms. The van der Waals surface area contributed by atoms with Crippen LogP contribution in [0.5, 0.6) is 0 Å². The number of aliphatic hydroxyl groups excluding tert-OH is 1. The number of thiazole rings is 1. The number of nitrogens with one attached hydrogen (secondary N) is 1. The molecule has 3 heterocycles.